The number of hydrogen-bond donors (Lipinski definition) is 2. The van der Waals surface area contributed by atoms with E-state index in [1.54, 1.807) is 0 Å². The van der Waals surface area contributed by atoms with Crippen molar-refractivity contribution < 1.29 is 19.4 Å². The third-order valence-electron chi connectivity index (χ3n) is 6.17. The lowest BCUT2D eigenvalue weighted by Crippen LogP contribution is -2.35. The second-order valence-electron chi connectivity index (χ2n) is 8.32. The molecule has 1 amide bonds. The molecule has 0 unspecified atom stereocenters. The SMILES string of the molecule is O=C(c1ccc(CNCCO)cc1)N1CCCc2c(-c3ccc4c(c3)OCCO4)cccc21. The summed E-state index contributed by atoms with van der Waals surface area (Å²) >= 11 is 0. The molecule has 33 heavy (non-hydrogen) atoms. The van der Waals surface area contributed by atoms with Gasteiger partial charge < -0.3 is 24.8 Å². The average molecular weight is 445 g/mol. The van der Waals surface area contributed by atoms with Crippen LogP contribution in [0.4, 0.5) is 5.69 Å². The van der Waals surface area contributed by atoms with Gasteiger partial charge >= 0.3 is 0 Å². The number of nitrogens with one attached hydrogen (secondary N) is 1. The first-order chi connectivity index (χ1) is 16.2. The summed E-state index contributed by atoms with van der Waals surface area (Å²) in [4.78, 5) is 15.3. The fraction of sp³-hybridized carbons (Fsp3) is 0.296. The average Bonchev–Trinajstić information content (AvgIpc) is 2.88. The molecule has 0 fully saturated rings. The van der Waals surface area contributed by atoms with Crippen LogP contribution in [-0.2, 0) is 13.0 Å². The van der Waals surface area contributed by atoms with E-state index in [9.17, 15) is 4.79 Å². The zero-order chi connectivity index (χ0) is 22.6. The zero-order valence-corrected chi connectivity index (χ0v) is 18.5. The highest BCUT2D eigenvalue weighted by Crippen LogP contribution is 2.40. The fourth-order valence-electron chi connectivity index (χ4n) is 4.55. The number of fused-ring (bicyclic) bond motifs is 2. The van der Waals surface area contributed by atoms with Crippen molar-refractivity contribution in [3.63, 3.8) is 0 Å². The van der Waals surface area contributed by atoms with Crippen LogP contribution >= 0.6 is 0 Å². The predicted molar refractivity (Wildman–Crippen MR) is 128 cm³/mol. The molecule has 0 radical (unpaired) electrons. The van der Waals surface area contributed by atoms with Gasteiger partial charge in [-0.1, -0.05) is 30.3 Å². The monoisotopic (exact) mass is 444 g/mol. The zero-order valence-electron chi connectivity index (χ0n) is 18.5. The fourth-order valence-corrected chi connectivity index (χ4v) is 4.55. The number of ether oxygens (including phenoxy) is 2. The molecule has 6 nitrogen and oxygen atoms in total. The van der Waals surface area contributed by atoms with E-state index in [1.807, 2.05) is 53.4 Å². The number of anilines is 1. The van der Waals surface area contributed by atoms with Gasteiger partial charge in [0.2, 0.25) is 0 Å². The van der Waals surface area contributed by atoms with Crippen LogP contribution in [0.25, 0.3) is 11.1 Å². The lowest BCUT2D eigenvalue weighted by molar-refractivity contribution is 0.0985. The smallest absolute Gasteiger partial charge is 0.258 e. The van der Waals surface area contributed by atoms with Gasteiger partial charge in [-0.05, 0) is 65.4 Å². The van der Waals surface area contributed by atoms with Gasteiger partial charge in [-0.25, -0.2) is 0 Å². The van der Waals surface area contributed by atoms with Crippen molar-refractivity contribution >= 4 is 11.6 Å². The topological polar surface area (TPSA) is 71.0 Å². The largest absolute Gasteiger partial charge is 0.486 e. The van der Waals surface area contributed by atoms with Gasteiger partial charge in [-0.3, -0.25) is 4.79 Å². The van der Waals surface area contributed by atoms with E-state index in [-0.39, 0.29) is 12.5 Å². The number of carbonyl (C=O) groups is 1. The van der Waals surface area contributed by atoms with Crippen LogP contribution in [0.15, 0.2) is 60.7 Å². The number of amides is 1. The number of rotatable bonds is 6. The summed E-state index contributed by atoms with van der Waals surface area (Å²) in [6.45, 7) is 3.17. The van der Waals surface area contributed by atoms with Crippen LogP contribution in [-0.4, -0.2) is 43.9 Å². The molecule has 2 aliphatic rings. The molecule has 3 aromatic rings. The maximum Gasteiger partial charge on any atom is 0.258 e. The van der Waals surface area contributed by atoms with Crippen molar-refractivity contribution in [2.45, 2.75) is 19.4 Å². The van der Waals surface area contributed by atoms with Crippen LogP contribution in [0.2, 0.25) is 0 Å². The maximum absolute atomic E-state index is 13.4. The summed E-state index contributed by atoms with van der Waals surface area (Å²) in [6.07, 6.45) is 1.85. The molecular formula is C27H28N2O4. The minimum atomic E-state index is 0.0186. The van der Waals surface area contributed by atoms with Crippen LogP contribution < -0.4 is 19.7 Å². The van der Waals surface area contributed by atoms with Gasteiger partial charge in [0.05, 0.1) is 6.61 Å². The number of hydrogen-bond acceptors (Lipinski definition) is 5. The van der Waals surface area contributed by atoms with Gasteiger partial charge in [0, 0.05) is 30.9 Å². The molecule has 0 bridgehead atoms. The minimum absolute atomic E-state index is 0.0186. The van der Waals surface area contributed by atoms with E-state index < -0.39 is 0 Å². The number of carbonyl (C=O) groups excluding carboxylic acids is 1. The normalized spacial score (nSPS) is 14.6. The van der Waals surface area contributed by atoms with Crippen LogP contribution in [0.3, 0.4) is 0 Å². The molecule has 0 saturated carbocycles. The molecule has 6 heteroatoms. The van der Waals surface area contributed by atoms with Gasteiger partial charge in [0.1, 0.15) is 13.2 Å². The van der Waals surface area contributed by atoms with Gasteiger partial charge in [-0.15, -0.1) is 0 Å². The van der Waals surface area contributed by atoms with Gasteiger partial charge in [0.15, 0.2) is 11.5 Å². The summed E-state index contributed by atoms with van der Waals surface area (Å²) in [7, 11) is 0. The number of benzene rings is 3. The number of aliphatic hydroxyl groups excluding tert-OH is 1. The lowest BCUT2D eigenvalue weighted by atomic mass is 9.91. The van der Waals surface area contributed by atoms with Gasteiger partial charge in [-0.2, -0.15) is 0 Å². The Morgan fingerprint density at radius 3 is 2.64 bits per heavy atom. The lowest BCUT2D eigenvalue weighted by Gasteiger charge is -2.31. The first-order valence-corrected chi connectivity index (χ1v) is 11.5. The molecule has 0 spiro atoms. The standard InChI is InChI=1S/C27H28N2O4/c30-14-12-28-18-19-6-8-20(9-7-19)27(31)29-13-2-4-23-22(3-1-5-24(23)29)21-10-11-25-26(17-21)33-16-15-32-25/h1,3,5-11,17,28,30H,2,4,12-16,18H2. The minimum Gasteiger partial charge on any atom is -0.486 e. The highest BCUT2D eigenvalue weighted by atomic mass is 16.6. The van der Waals surface area contributed by atoms with Crippen molar-refractivity contribution in [3.8, 4) is 22.6 Å². The highest BCUT2D eigenvalue weighted by molar-refractivity contribution is 6.07. The summed E-state index contributed by atoms with van der Waals surface area (Å²) in [6, 6.07) is 19.9. The summed E-state index contributed by atoms with van der Waals surface area (Å²) in [5, 5.41) is 12.1. The third kappa shape index (κ3) is 4.45. The Hall–Kier alpha value is -3.35. The Kier molecular flexibility index (Phi) is 6.28. The van der Waals surface area contributed by atoms with E-state index in [0.29, 0.717) is 38.4 Å². The molecule has 3 aromatic carbocycles. The van der Waals surface area contributed by atoms with E-state index in [2.05, 4.69) is 17.4 Å². The number of nitrogens with zero attached hydrogens (tertiary/aromatic N) is 1. The van der Waals surface area contributed by atoms with E-state index in [1.165, 1.54) is 5.56 Å². The molecular weight excluding hydrogens is 416 g/mol. The predicted octanol–water partition coefficient (Wildman–Crippen LogP) is 3.80. The second kappa shape index (κ2) is 9.65. The van der Waals surface area contributed by atoms with Gasteiger partial charge in [0.25, 0.3) is 5.91 Å². The number of aliphatic hydroxyl groups is 1. The Bertz CT molecular complexity index is 1140. The Morgan fingerprint density at radius 1 is 1.00 bits per heavy atom. The first-order valence-electron chi connectivity index (χ1n) is 11.5. The van der Waals surface area contributed by atoms with Crippen molar-refractivity contribution in [1.82, 2.24) is 5.32 Å². The van der Waals surface area contributed by atoms with E-state index in [4.69, 9.17) is 14.6 Å². The molecule has 170 valence electrons. The molecule has 2 N–H and O–H groups in total. The third-order valence-corrected chi connectivity index (χ3v) is 6.17. The molecule has 0 saturated heterocycles. The van der Waals surface area contributed by atoms with E-state index >= 15 is 0 Å². The molecule has 0 atom stereocenters. The first kappa shape index (κ1) is 21.5. The van der Waals surface area contributed by atoms with E-state index in [0.717, 1.165) is 46.7 Å². The summed E-state index contributed by atoms with van der Waals surface area (Å²) in [5.41, 5.74) is 6.14. The quantitative estimate of drug-likeness (QED) is 0.566. The molecule has 2 heterocycles. The summed E-state index contributed by atoms with van der Waals surface area (Å²) in [5.74, 6) is 1.57. The highest BCUT2D eigenvalue weighted by Gasteiger charge is 2.26. The second-order valence-corrected chi connectivity index (χ2v) is 8.32. The van der Waals surface area contributed by atoms with Crippen LogP contribution in [0.5, 0.6) is 11.5 Å². The van der Waals surface area contributed by atoms with Crippen molar-refractivity contribution in [2.75, 3.05) is 37.8 Å². The molecule has 2 aliphatic heterocycles. The van der Waals surface area contributed by atoms with Crippen molar-refractivity contribution in [1.29, 1.82) is 0 Å². The summed E-state index contributed by atoms with van der Waals surface area (Å²) < 4.78 is 11.4. The Labute approximate surface area is 193 Å². The Morgan fingerprint density at radius 2 is 1.82 bits per heavy atom. The molecule has 0 aromatic heterocycles. The van der Waals surface area contributed by atoms with Crippen LogP contribution in [0.1, 0.15) is 27.9 Å². The van der Waals surface area contributed by atoms with Crippen molar-refractivity contribution in [3.05, 3.63) is 77.4 Å². The molecule has 0 aliphatic carbocycles. The van der Waals surface area contributed by atoms with Crippen molar-refractivity contribution in [2.24, 2.45) is 0 Å². The molecule has 5 rings (SSSR count). The maximum atomic E-state index is 13.4. The Balaban J connectivity index is 1.41. The van der Waals surface area contributed by atoms with Crippen LogP contribution in [0, 0.1) is 0 Å².